The summed E-state index contributed by atoms with van der Waals surface area (Å²) in [5, 5.41) is 8.79. The van der Waals surface area contributed by atoms with Crippen LogP contribution in [-0.4, -0.2) is 31.2 Å². The number of anilines is 2. The standard InChI is InChI=1S/C23H29FN2O2/c1-3-13-26-14-5-7-19-6-4-8-21(23(19)26)25(2)16-17-9-10-18(20(24)15-17)11-12-22(27)28/h4,6,8-10,15H,3,5,7,11-14,16H2,1-2H3,(H,27,28). The first-order valence-corrected chi connectivity index (χ1v) is 10.1. The zero-order valence-corrected chi connectivity index (χ0v) is 16.7. The van der Waals surface area contributed by atoms with Crippen LogP contribution >= 0.6 is 0 Å². The van der Waals surface area contributed by atoms with Gasteiger partial charge in [0.25, 0.3) is 0 Å². The van der Waals surface area contributed by atoms with Gasteiger partial charge in [-0.25, -0.2) is 4.39 Å². The number of halogens is 1. The van der Waals surface area contributed by atoms with E-state index in [4.69, 9.17) is 5.11 Å². The van der Waals surface area contributed by atoms with Crippen LogP contribution in [-0.2, 0) is 24.2 Å². The molecule has 0 atom stereocenters. The van der Waals surface area contributed by atoms with E-state index in [9.17, 15) is 9.18 Å². The van der Waals surface area contributed by atoms with E-state index in [1.165, 1.54) is 29.4 Å². The van der Waals surface area contributed by atoms with Gasteiger partial charge < -0.3 is 14.9 Å². The summed E-state index contributed by atoms with van der Waals surface area (Å²) in [7, 11) is 2.05. The highest BCUT2D eigenvalue weighted by molar-refractivity contribution is 5.75. The number of carbonyl (C=O) groups is 1. The van der Waals surface area contributed by atoms with Gasteiger partial charge in [0.1, 0.15) is 5.82 Å². The first kappa shape index (κ1) is 20.2. The molecular formula is C23H29FN2O2. The molecule has 0 saturated carbocycles. The number of aryl methyl sites for hydroxylation is 2. The molecule has 0 aromatic heterocycles. The molecule has 1 aliphatic rings. The molecule has 1 aliphatic heterocycles. The van der Waals surface area contributed by atoms with Crippen LogP contribution in [0.15, 0.2) is 36.4 Å². The molecule has 5 heteroatoms. The van der Waals surface area contributed by atoms with Crippen molar-refractivity contribution in [3.05, 3.63) is 58.9 Å². The van der Waals surface area contributed by atoms with Gasteiger partial charge in [0, 0.05) is 33.1 Å². The Morgan fingerprint density at radius 1 is 1.29 bits per heavy atom. The minimum Gasteiger partial charge on any atom is -0.481 e. The van der Waals surface area contributed by atoms with E-state index >= 15 is 0 Å². The van der Waals surface area contributed by atoms with E-state index in [2.05, 4.69) is 34.9 Å². The van der Waals surface area contributed by atoms with Crippen molar-refractivity contribution < 1.29 is 14.3 Å². The third-order valence-electron chi connectivity index (χ3n) is 5.34. The van der Waals surface area contributed by atoms with E-state index in [1.54, 1.807) is 6.07 Å². The zero-order chi connectivity index (χ0) is 20.1. The van der Waals surface area contributed by atoms with Crippen LogP contribution in [0, 0.1) is 5.82 Å². The number of hydrogen-bond donors (Lipinski definition) is 1. The third kappa shape index (κ3) is 4.64. The zero-order valence-electron chi connectivity index (χ0n) is 16.7. The molecule has 150 valence electrons. The van der Waals surface area contributed by atoms with E-state index < -0.39 is 5.97 Å². The second kappa shape index (κ2) is 9.09. The molecule has 0 radical (unpaired) electrons. The van der Waals surface area contributed by atoms with E-state index in [-0.39, 0.29) is 18.7 Å². The predicted octanol–water partition coefficient (Wildman–Crippen LogP) is 4.64. The number of para-hydroxylation sites is 1. The second-order valence-electron chi connectivity index (χ2n) is 7.55. The van der Waals surface area contributed by atoms with Crippen molar-refractivity contribution in [2.24, 2.45) is 0 Å². The molecular weight excluding hydrogens is 355 g/mol. The van der Waals surface area contributed by atoms with Gasteiger partial charge in [-0.3, -0.25) is 4.79 Å². The number of nitrogens with zero attached hydrogens (tertiary/aromatic N) is 2. The minimum absolute atomic E-state index is 0.0560. The first-order chi connectivity index (χ1) is 13.5. The van der Waals surface area contributed by atoms with Gasteiger partial charge in [-0.15, -0.1) is 0 Å². The highest BCUT2D eigenvalue weighted by Gasteiger charge is 2.21. The monoisotopic (exact) mass is 384 g/mol. The van der Waals surface area contributed by atoms with Gasteiger partial charge in [0.15, 0.2) is 0 Å². The lowest BCUT2D eigenvalue weighted by atomic mass is 9.99. The molecule has 28 heavy (non-hydrogen) atoms. The summed E-state index contributed by atoms with van der Waals surface area (Å²) in [5.41, 5.74) is 5.23. The lowest BCUT2D eigenvalue weighted by molar-refractivity contribution is -0.136. The van der Waals surface area contributed by atoms with Crippen LogP contribution in [0.1, 0.15) is 42.9 Å². The lowest BCUT2D eigenvalue weighted by Gasteiger charge is -2.35. The summed E-state index contributed by atoms with van der Waals surface area (Å²) < 4.78 is 14.4. The van der Waals surface area contributed by atoms with Gasteiger partial charge >= 0.3 is 5.97 Å². The number of hydrogen-bond acceptors (Lipinski definition) is 3. The highest BCUT2D eigenvalue weighted by atomic mass is 19.1. The molecule has 2 aromatic rings. The Morgan fingerprint density at radius 2 is 2.11 bits per heavy atom. The van der Waals surface area contributed by atoms with Crippen LogP contribution < -0.4 is 9.80 Å². The van der Waals surface area contributed by atoms with Crippen molar-refractivity contribution in [3.63, 3.8) is 0 Å². The molecule has 1 heterocycles. The molecule has 2 aromatic carbocycles. The van der Waals surface area contributed by atoms with Crippen molar-refractivity contribution in [1.82, 2.24) is 0 Å². The summed E-state index contributed by atoms with van der Waals surface area (Å²) in [6.07, 6.45) is 3.56. The third-order valence-corrected chi connectivity index (χ3v) is 5.34. The molecule has 0 fully saturated rings. The Hall–Kier alpha value is -2.56. The van der Waals surface area contributed by atoms with Crippen molar-refractivity contribution in [2.75, 3.05) is 29.9 Å². The fourth-order valence-corrected chi connectivity index (χ4v) is 4.01. The Balaban J connectivity index is 1.79. The highest BCUT2D eigenvalue weighted by Crippen LogP contribution is 2.37. The van der Waals surface area contributed by atoms with Crippen LogP contribution in [0.3, 0.4) is 0 Å². The van der Waals surface area contributed by atoms with Gasteiger partial charge in [-0.2, -0.15) is 0 Å². The van der Waals surface area contributed by atoms with Crippen LogP contribution in [0.2, 0.25) is 0 Å². The van der Waals surface area contributed by atoms with Crippen LogP contribution in [0.25, 0.3) is 0 Å². The Kier molecular flexibility index (Phi) is 6.55. The quantitative estimate of drug-likeness (QED) is 0.720. The number of rotatable bonds is 8. The second-order valence-corrected chi connectivity index (χ2v) is 7.55. The normalized spacial score (nSPS) is 13.3. The molecule has 0 bridgehead atoms. The maximum absolute atomic E-state index is 14.4. The number of carboxylic acid groups (broad SMARTS) is 1. The van der Waals surface area contributed by atoms with Crippen molar-refractivity contribution in [1.29, 1.82) is 0 Å². The predicted molar refractivity (Wildman–Crippen MR) is 112 cm³/mol. The lowest BCUT2D eigenvalue weighted by Crippen LogP contribution is -2.32. The summed E-state index contributed by atoms with van der Waals surface area (Å²) in [6, 6.07) is 11.6. The SMILES string of the molecule is CCCN1CCCc2cccc(N(C)Cc3ccc(CCC(=O)O)c(F)c3)c21. The molecule has 0 aliphatic carbocycles. The maximum atomic E-state index is 14.4. The molecule has 0 amide bonds. The number of aliphatic carboxylic acids is 1. The summed E-state index contributed by atoms with van der Waals surface area (Å²) in [5.74, 6) is -1.23. The maximum Gasteiger partial charge on any atom is 0.303 e. The molecule has 0 saturated heterocycles. The molecule has 1 N–H and O–H groups in total. The Labute approximate surface area is 166 Å². The number of benzene rings is 2. The van der Waals surface area contributed by atoms with Crippen LogP contribution in [0.4, 0.5) is 15.8 Å². The van der Waals surface area contributed by atoms with Crippen molar-refractivity contribution in [2.45, 2.75) is 45.6 Å². The van der Waals surface area contributed by atoms with E-state index in [0.29, 0.717) is 12.1 Å². The Bertz CT molecular complexity index is 837. The van der Waals surface area contributed by atoms with E-state index in [0.717, 1.165) is 31.5 Å². The average Bonchev–Trinajstić information content (AvgIpc) is 2.67. The number of fused-ring (bicyclic) bond motifs is 1. The van der Waals surface area contributed by atoms with E-state index in [1.807, 2.05) is 13.1 Å². The molecule has 3 rings (SSSR count). The molecule has 0 unspecified atom stereocenters. The van der Waals surface area contributed by atoms with Gasteiger partial charge in [-0.05, 0) is 54.5 Å². The summed E-state index contributed by atoms with van der Waals surface area (Å²) >= 11 is 0. The fourth-order valence-electron chi connectivity index (χ4n) is 4.01. The largest absolute Gasteiger partial charge is 0.481 e. The topological polar surface area (TPSA) is 43.8 Å². The fraction of sp³-hybridized carbons (Fsp3) is 0.435. The summed E-state index contributed by atoms with van der Waals surface area (Å²) in [6.45, 7) is 4.94. The molecule has 4 nitrogen and oxygen atoms in total. The average molecular weight is 384 g/mol. The summed E-state index contributed by atoms with van der Waals surface area (Å²) in [4.78, 5) is 15.4. The van der Waals surface area contributed by atoms with Crippen LogP contribution in [0.5, 0.6) is 0 Å². The smallest absolute Gasteiger partial charge is 0.303 e. The molecule has 0 spiro atoms. The first-order valence-electron chi connectivity index (χ1n) is 10.1. The van der Waals surface area contributed by atoms with Gasteiger partial charge in [0.05, 0.1) is 11.4 Å². The number of carboxylic acids is 1. The Morgan fingerprint density at radius 3 is 2.82 bits per heavy atom. The van der Waals surface area contributed by atoms with Gasteiger partial charge in [-0.1, -0.05) is 31.2 Å². The van der Waals surface area contributed by atoms with Crippen molar-refractivity contribution in [3.8, 4) is 0 Å². The minimum atomic E-state index is -0.909. The van der Waals surface area contributed by atoms with Gasteiger partial charge in [0.2, 0.25) is 0 Å². The van der Waals surface area contributed by atoms with Crippen molar-refractivity contribution >= 4 is 17.3 Å².